The van der Waals surface area contributed by atoms with Gasteiger partial charge in [0.15, 0.2) is 0 Å². The number of amides is 2. The summed E-state index contributed by atoms with van der Waals surface area (Å²) in [6.07, 6.45) is 3.41. The van der Waals surface area contributed by atoms with Gasteiger partial charge >= 0.3 is 0 Å². The van der Waals surface area contributed by atoms with E-state index in [-0.39, 0.29) is 30.2 Å². The Labute approximate surface area is 144 Å². The van der Waals surface area contributed by atoms with E-state index in [0.29, 0.717) is 12.5 Å². The van der Waals surface area contributed by atoms with Crippen LogP contribution in [0.4, 0.5) is 0 Å². The molecule has 0 radical (unpaired) electrons. The predicted molar refractivity (Wildman–Crippen MR) is 95.2 cm³/mol. The van der Waals surface area contributed by atoms with Gasteiger partial charge in [-0.15, -0.1) is 0 Å². The lowest BCUT2D eigenvalue weighted by atomic mass is 10.00. The third kappa shape index (κ3) is 5.06. The van der Waals surface area contributed by atoms with Crippen LogP contribution in [0.2, 0.25) is 0 Å². The normalized spacial score (nSPS) is 21.5. The Morgan fingerprint density at radius 3 is 2.54 bits per heavy atom. The zero-order valence-electron chi connectivity index (χ0n) is 14.6. The standard InChI is InChI=1S/C19H29N3O2/c1-13(2)18(19(24)21-16-10-6-9-15(16)12-20)22-17(23)11-14-7-4-3-5-8-14/h3-5,7-8,13,15-16,18H,6,9-12,20H2,1-2H3,(H,21,24)(H,22,23). The van der Waals surface area contributed by atoms with Crippen molar-refractivity contribution in [3.8, 4) is 0 Å². The summed E-state index contributed by atoms with van der Waals surface area (Å²) in [5, 5.41) is 5.99. The van der Waals surface area contributed by atoms with Crippen molar-refractivity contribution >= 4 is 11.8 Å². The smallest absolute Gasteiger partial charge is 0.243 e. The maximum absolute atomic E-state index is 12.6. The Hall–Kier alpha value is -1.88. The molecule has 132 valence electrons. The largest absolute Gasteiger partial charge is 0.351 e. The minimum Gasteiger partial charge on any atom is -0.351 e. The van der Waals surface area contributed by atoms with E-state index in [1.807, 2.05) is 44.2 Å². The van der Waals surface area contributed by atoms with Gasteiger partial charge in [-0.2, -0.15) is 0 Å². The number of hydrogen-bond acceptors (Lipinski definition) is 3. The molecule has 0 aromatic heterocycles. The average Bonchev–Trinajstić information content (AvgIpc) is 3.00. The second kappa shape index (κ2) is 8.83. The van der Waals surface area contributed by atoms with Crippen LogP contribution >= 0.6 is 0 Å². The third-order valence-corrected chi connectivity index (χ3v) is 4.76. The molecule has 1 fully saturated rings. The second-order valence-electron chi connectivity index (χ2n) is 6.99. The van der Waals surface area contributed by atoms with Gasteiger partial charge in [0.1, 0.15) is 6.04 Å². The number of nitrogens with two attached hydrogens (primary N) is 1. The maximum atomic E-state index is 12.6. The molecule has 0 aliphatic heterocycles. The highest BCUT2D eigenvalue weighted by Crippen LogP contribution is 2.24. The second-order valence-corrected chi connectivity index (χ2v) is 6.99. The van der Waals surface area contributed by atoms with Crippen LogP contribution in [0.25, 0.3) is 0 Å². The molecule has 2 amide bonds. The summed E-state index contributed by atoms with van der Waals surface area (Å²) in [5.41, 5.74) is 6.72. The van der Waals surface area contributed by atoms with E-state index in [9.17, 15) is 9.59 Å². The number of hydrogen-bond donors (Lipinski definition) is 3. The Morgan fingerprint density at radius 2 is 1.92 bits per heavy atom. The van der Waals surface area contributed by atoms with Gasteiger partial charge in [0.05, 0.1) is 6.42 Å². The van der Waals surface area contributed by atoms with E-state index >= 15 is 0 Å². The molecule has 3 unspecified atom stereocenters. The van der Waals surface area contributed by atoms with Crippen LogP contribution < -0.4 is 16.4 Å². The van der Waals surface area contributed by atoms with E-state index in [1.54, 1.807) is 0 Å². The third-order valence-electron chi connectivity index (χ3n) is 4.76. The van der Waals surface area contributed by atoms with Gasteiger partial charge in [-0.1, -0.05) is 50.6 Å². The number of benzene rings is 1. The number of rotatable bonds is 7. The molecule has 0 bridgehead atoms. The summed E-state index contributed by atoms with van der Waals surface area (Å²) in [7, 11) is 0. The van der Waals surface area contributed by atoms with Crippen LogP contribution in [0.5, 0.6) is 0 Å². The van der Waals surface area contributed by atoms with Crippen LogP contribution in [-0.2, 0) is 16.0 Å². The van der Waals surface area contributed by atoms with Crippen LogP contribution in [0.3, 0.4) is 0 Å². The van der Waals surface area contributed by atoms with Crippen molar-refractivity contribution in [2.24, 2.45) is 17.6 Å². The van der Waals surface area contributed by atoms with Crippen molar-refractivity contribution in [2.75, 3.05) is 6.54 Å². The molecule has 0 saturated heterocycles. The van der Waals surface area contributed by atoms with Gasteiger partial charge in [-0.25, -0.2) is 0 Å². The van der Waals surface area contributed by atoms with Crippen LogP contribution in [0, 0.1) is 11.8 Å². The topological polar surface area (TPSA) is 84.2 Å². The zero-order chi connectivity index (χ0) is 17.5. The van der Waals surface area contributed by atoms with Gasteiger partial charge in [0, 0.05) is 6.04 Å². The Kier molecular flexibility index (Phi) is 6.79. The van der Waals surface area contributed by atoms with Crippen LogP contribution in [0.15, 0.2) is 30.3 Å². The fraction of sp³-hybridized carbons (Fsp3) is 0.579. The number of nitrogens with one attached hydrogen (secondary N) is 2. The number of carbonyl (C=O) groups is 2. The van der Waals surface area contributed by atoms with E-state index in [4.69, 9.17) is 5.73 Å². The van der Waals surface area contributed by atoms with Crippen LogP contribution in [0.1, 0.15) is 38.7 Å². The summed E-state index contributed by atoms with van der Waals surface area (Å²) in [4.78, 5) is 24.9. The van der Waals surface area contributed by atoms with Crippen molar-refractivity contribution in [1.29, 1.82) is 0 Å². The number of carbonyl (C=O) groups excluding carboxylic acids is 2. The Morgan fingerprint density at radius 1 is 1.21 bits per heavy atom. The summed E-state index contributed by atoms with van der Waals surface area (Å²) >= 11 is 0. The molecule has 24 heavy (non-hydrogen) atoms. The summed E-state index contributed by atoms with van der Waals surface area (Å²) in [6, 6.07) is 9.17. The molecule has 2 rings (SSSR count). The molecule has 1 aromatic rings. The highest BCUT2D eigenvalue weighted by atomic mass is 16.2. The molecular weight excluding hydrogens is 302 g/mol. The molecule has 5 heteroatoms. The van der Waals surface area contributed by atoms with Gasteiger partial charge < -0.3 is 16.4 Å². The molecule has 1 saturated carbocycles. The van der Waals surface area contributed by atoms with Crippen molar-refractivity contribution in [3.63, 3.8) is 0 Å². The molecule has 1 aromatic carbocycles. The first-order valence-corrected chi connectivity index (χ1v) is 8.85. The van der Waals surface area contributed by atoms with Crippen LogP contribution in [-0.4, -0.2) is 30.4 Å². The minimum absolute atomic E-state index is 0.0300. The van der Waals surface area contributed by atoms with Crippen molar-refractivity contribution in [1.82, 2.24) is 10.6 Å². The summed E-state index contributed by atoms with van der Waals surface area (Å²) in [5.74, 6) is 0.151. The summed E-state index contributed by atoms with van der Waals surface area (Å²) in [6.45, 7) is 4.49. The van der Waals surface area contributed by atoms with Gasteiger partial charge in [0.2, 0.25) is 11.8 Å². The quantitative estimate of drug-likeness (QED) is 0.710. The Bertz CT molecular complexity index is 545. The average molecular weight is 331 g/mol. The van der Waals surface area contributed by atoms with Gasteiger partial charge in [-0.3, -0.25) is 9.59 Å². The SMILES string of the molecule is CC(C)C(NC(=O)Cc1ccccc1)C(=O)NC1CCCC1CN. The lowest BCUT2D eigenvalue weighted by Gasteiger charge is -2.26. The Balaban J connectivity index is 1.93. The maximum Gasteiger partial charge on any atom is 0.243 e. The molecule has 0 spiro atoms. The minimum atomic E-state index is -0.514. The van der Waals surface area contributed by atoms with Crippen molar-refractivity contribution in [2.45, 2.75) is 51.6 Å². The van der Waals surface area contributed by atoms with E-state index in [2.05, 4.69) is 10.6 Å². The zero-order valence-corrected chi connectivity index (χ0v) is 14.6. The molecular formula is C19H29N3O2. The van der Waals surface area contributed by atoms with Crippen molar-refractivity contribution in [3.05, 3.63) is 35.9 Å². The van der Waals surface area contributed by atoms with E-state index in [0.717, 1.165) is 24.8 Å². The molecule has 1 aliphatic rings. The predicted octanol–water partition coefficient (Wildman–Crippen LogP) is 1.61. The fourth-order valence-corrected chi connectivity index (χ4v) is 3.32. The molecule has 0 heterocycles. The molecule has 5 nitrogen and oxygen atoms in total. The first-order valence-electron chi connectivity index (χ1n) is 8.85. The molecule has 3 atom stereocenters. The lowest BCUT2D eigenvalue weighted by molar-refractivity contribution is -0.130. The summed E-state index contributed by atoms with van der Waals surface area (Å²) < 4.78 is 0. The first-order chi connectivity index (χ1) is 11.5. The fourth-order valence-electron chi connectivity index (χ4n) is 3.32. The van der Waals surface area contributed by atoms with E-state index in [1.165, 1.54) is 0 Å². The molecule has 1 aliphatic carbocycles. The first kappa shape index (κ1) is 18.5. The highest BCUT2D eigenvalue weighted by Gasteiger charge is 2.31. The monoisotopic (exact) mass is 331 g/mol. The van der Waals surface area contributed by atoms with E-state index < -0.39 is 6.04 Å². The molecule has 4 N–H and O–H groups in total. The lowest BCUT2D eigenvalue weighted by Crippen LogP contribution is -2.53. The van der Waals surface area contributed by atoms with Gasteiger partial charge in [0.25, 0.3) is 0 Å². The highest BCUT2D eigenvalue weighted by molar-refractivity contribution is 5.88. The van der Waals surface area contributed by atoms with Crippen molar-refractivity contribution < 1.29 is 9.59 Å². The van der Waals surface area contributed by atoms with Gasteiger partial charge in [-0.05, 0) is 36.8 Å².